The van der Waals surface area contributed by atoms with E-state index in [2.05, 4.69) is 18.1 Å². The first-order valence-electron chi connectivity index (χ1n) is 5.87. The molecule has 0 aromatic carbocycles. The maximum atomic E-state index is 13.7. The van der Waals surface area contributed by atoms with Crippen LogP contribution in [0.1, 0.15) is 5.56 Å². The van der Waals surface area contributed by atoms with Crippen molar-refractivity contribution < 1.29 is 4.39 Å². The van der Waals surface area contributed by atoms with Gasteiger partial charge in [-0.2, -0.15) is 0 Å². The lowest BCUT2D eigenvalue weighted by Crippen LogP contribution is -2.20. The largest absolute Gasteiger partial charge is 0.321 e. The van der Waals surface area contributed by atoms with Crippen molar-refractivity contribution in [1.29, 1.82) is 0 Å². The molecule has 2 heterocycles. The summed E-state index contributed by atoms with van der Waals surface area (Å²) in [6.45, 7) is 6.81. The summed E-state index contributed by atoms with van der Waals surface area (Å²) in [5.41, 5.74) is -0.299. The molecule has 0 bridgehead atoms. The number of nitrogens with one attached hydrogen (secondary N) is 1. The van der Waals surface area contributed by atoms with Gasteiger partial charge >= 0.3 is 0 Å². The number of fused-ring (bicyclic) bond motifs is 1. The fourth-order valence-electron chi connectivity index (χ4n) is 1.94. The number of hydrogen-bond donors (Lipinski definition) is 1. The highest BCUT2D eigenvalue weighted by Crippen LogP contribution is 2.20. The Kier molecular flexibility index (Phi) is 3.52. The molecule has 4 nitrogen and oxygen atoms in total. The Bertz CT molecular complexity index is 856. The molecule has 0 saturated carbocycles. The van der Waals surface area contributed by atoms with Gasteiger partial charge in [0.1, 0.15) is 5.83 Å². The van der Waals surface area contributed by atoms with E-state index in [4.69, 9.17) is 0 Å². The lowest BCUT2D eigenvalue weighted by Gasteiger charge is -2.06. The van der Waals surface area contributed by atoms with Crippen molar-refractivity contribution >= 4 is 16.5 Å². The van der Waals surface area contributed by atoms with Crippen LogP contribution in [0, 0.1) is 0 Å². The number of aromatic nitrogens is 2. The Hall–Kier alpha value is -2.69. The molecule has 20 heavy (non-hydrogen) atoms. The first-order valence-corrected chi connectivity index (χ1v) is 5.87. The number of H-pyrrole nitrogens is 1. The third kappa shape index (κ3) is 2.14. The zero-order valence-corrected chi connectivity index (χ0v) is 10.9. The van der Waals surface area contributed by atoms with Crippen LogP contribution in [0.2, 0.25) is 0 Å². The van der Waals surface area contributed by atoms with Gasteiger partial charge in [0.25, 0.3) is 11.1 Å². The Morgan fingerprint density at radius 1 is 1.35 bits per heavy atom. The molecule has 0 aliphatic rings. The predicted molar refractivity (Wildman–Crippen MR) is 78.2 cm³/mol. The zero-order chi connectivity index (χ0) is 14.9. The van der Waals surface area contributed by atoms with E-state index in [1.54, 1.807) is 19.3 Å². The number of aryl methyl sites for hydroxylation is 1. The number of hydrogen-bond acceptors (Lipinski definition) is 2. The van der Waals surface area contributed by atoms with Gasteiger partial charge in [0, 0.05) is 18.8 Å². The van der Waals surface area contributed by atoms with Gasteiger partial charge in [0.2, 0.25) is 0 Å². The molecule has 0 radical (unpaired) electrons. The van der Waals surface area contributed by atoms with Crippen LogP contribution in [0.5, 0.6) is 0 Å². The Morgan fingerprint density at radius 3 is 2.65 bits per heavy atom. The predicted octanol–water partition coefficient (Wildman–Crippen LogP) is 2.28. The van der Waals surface area contributed by atoms with Crippen LogP contribution in [-0.2, 0) is 7.05 Å². The van der Waals surface area contributed by atoms with E-state index in [0.717, 1.165) is 6.08 Å². The van der Waals surface area contributed by atoms with Crippen LogP contribution < -0.4 is 11.1 Å². The second-order valence-corrected chi connectivity index (χ2v) is 4.24. The normalized spacial score (nSPS) is 12.1. The fraction of sp³-hybridized carbons (Fsp3) is 0.0667. The van der Waals surface area contributed by atoms with Crippen molar-refractivity contribution in [2.75, 3.05) is 0 Å². The average Bonchev–Trinajstić information content (AvgIpc) is 2.44. The van der Waals surface area contributed by atoms with Gasteiger partial charge in [-0.15, -0.1) is 0 Å². The third-order valence-electron chi connectivity index (χ3n) is 3.02. The van der Waals surface area contributed by atoms with Gasteiger partial charge in [-0.1, -0.05) is 19.2 Å². The van der Waals surface area contributed by atoms with E-state index >= 15 is 0 Å². The van der Waals surface area contributed by atoms with Crippen LogP contribution in [0.15, 0.2) is 59.1 Å². The maximum absolute atomic E-state index is 13.7. The number of nitrogens with zero attached hydrogens (tertiary/aromatic N) is 1. The minimum Gasteiger partial charge on any atom is -0.321 e. The molecule has 0 fully saturated rings. The van der Waals surface area contributed by atoms with Gasteiger partial charge in [0.05, 0.1) is 16.5 Å². The van der Waals surface area contributed by atoms with Crippen LogP contribution >= 0.6 is 0 Å². The van der Waals surface area contributed by atoms with Crippen molar-refractivity contribution in [1.82, 2.24) is 9.55 Å². The van der Waals surface area contributed by atoms with Crippen molar-refractivity contribution in [2.45, 2.75) is 0 Å². The minimum atomic E-state index is -0.669. The van der Waals surface area contributed by atoms with Crippen LogP contribution in [0.25, 0.3) is 16.5 Å². The number of allylic oxidation sites excluding steroid dienone is 4. The summed E-state index contributed by atoms with van der Waals surface area (Å²) < 4.78 is 15.1. The SMILES string of the molecule is C=C/C(F)=C(\C=C)c1cc2c(=O)n(C)ccc2[nH]c1=O. The maximum Gasteiger partial charge on any atom is 0.259 e. The third-order valence-corrected chi connectivity index (χ3v) is 3.02. The Labute approximate surface area is 114 Å². The van der Waals surface area contributed by atoms with Crippen LogP contribution in [-0.4, -0.2) is 9.55 Å². The van der Waals surface area contributed by atoms with E-state index in [1.807, 2.05) is 0 Å². The van der Waals surface area contributed by atoms with Gasteiger partial charge in [-0.3, -0.25) is 9.59 Å². The van der Waals surface area contributed by atoms with Crippen LogP contribution in [0.4, 0.5) is 4.39 Å². The quantitative estimate of drug-likeness (QED) is 0.871. The molecule has 2 rings (SSSR count). The lowest BCUT2D eigenvalue weighted by molar-refractivity contribution is 0.671. The summed E-state index contributed by atoms with van der Waals surface area (Å²) in [5, 5.41) is 0.306. The average molecular weight is 272 g/mol. The van der Waals surface area contributed by atoms with E-state index in [9.17, 15) is 14.0 Å². The number of aromatic amines is 1. The van der Waals surface area contributed by atoms with Gasteiger partial charge in [0.15, 0.2) is 0 Å². The molecule has 0 aliphatic heterocycles. The van der Waals surface area contributed by atoms with Crippen LogP contribution in [0.3, 0.4) is 0 Å². The minimum absolute atomic E-state index is 0.00839. The summed E-state index contributed by atoms with van der Waals surface area (Å²) in [6, 6.07) is 2.99. The number of halogens is 1. The summed E-state index contributed by atoms with van der Waals surface area (Å²) >= 11 is 0. The number of pyridine rings is 2. The Balaban J connectivity index is 2.92. The summed E-state index contributed by atoms with van der Waals surface area (Å²) in [6.07, 6.45) is 3.76. The highest BCUT2D eigenvalue weighted by molar-refractivity contribution is 5.84. The highest BCUT2D eigenvalue weighted by Gasteiger charge is 2.11. The zero-order valence-electron chi connectivity index (χ0n) is 10.9. The second-order valence-electron chi connectivity index (χ2n) is 4.24. The van der Waals surface area contributed by atoms with E-state index in [1.165, 1.54) is 16.7 Å². The second kappa shape index (κ2) is 5.13. The molecular weight excluding hydrogens is 259 g/mol. The molecule has 0 atom stereocenters. The molecular formula is C15H13FN2O2. The molecule has 0 saturated heterocycles. The van der Waals surface area contributed by atoms with E-state index in [-0.39, 0.29) is 16.7 Å². The molecule has 0 spiro atoms. The summed E-state index contributed by atoms with van der Waals surface area (Å²) in [5.74, 6) is -0.669. The molecule has 1 N–H and O–H groups in total. The van der Waals surface area contributed by atoms with Gasteiger partial charge < -0.3 is 9.55 Å². The molecule has 0 unspecified atom stereocenters. The van der Waals surface area contributed by atoms with Gasteiger partial charge in [-0.25, -0.2) is 4.39 Å². The number of rotatable bonds is 3. The van der Waals surface area contributed by atoms with Crippen molar-refractivity contribution in [3.63, 3.8) is 0 Å². The highest BCUT2D eigenvalue weighted by atomic mass is 19.1. The van der Waals surface area contributed by atoms with Crippen molar-refractivity contribution in [2.24, 2.45) is 7.05 Å². The summed E-state index contributed by atoms with van der Waals surface area (Å²) in [7, 11) is 1.60. The fourth-order valence-corrected chi connectivity index (χ4v) is 1.94. The molecule has 5 heteroatoms. The molecule has 0 amide bonds. The molecule has 2 aromatic heterocycles. The van der Waals surface area contributed by atoms with Crippen molar-refractivity contribution in [3.8, 4) is 0 Å². The monoisotopic (exact) mass is 272 g/mol. The van der Waals surface area contributed by atoms with E-state index < -0.39 is 11.4 Å². The van der Waals surface area contributed by atoms with Crippen molar-refractivity contribution in [3.05, 3.63) is 75.7 Å². The molecule has 102 valence electrons. The van der Waals surface area contributed by atoms with Gasteiger partial charge in [-0.05, 0) is 18.2 Å². The standard InChI is InChI=1S/C15H13FN2O2/c1-4-9(12(16)5-2)10-8-11-13(17-14(10)19)6-7-18(3)15(11)20/h4-8H,1-2H2,3H3,(H,17,19)/b12-9-. The Morgan fingerprint density at radius 2 is 2.05 bits per heavy atom. The molecule has 2 aromatic rings. The first kappa shape index (κ1) is 13.7. The first-order chi connectivity index (χ1) is 9.49. The smallest absolute Gasteiger partial charge is 0.259 e. The lowest BCUT2D eigenvalue weighted by atomic mass is 10.0. The topological polar surface area (TPSA) is 54.9 Å². The molecule has 0 aliphatic carbocycles. The summed E-state index contributed by atoms with van der Waals surface area (Å²) in [4.78, 5) is 26.6. The van der Waals surface area contributed by atoms with E-state index in [0.29, 0.717) is 10.9 Å².